The van der Waals surface area contributed by atoms with Gasteiger partial charge in [0.25, 0.3) is 0 Å². The van der Waals surface area contributed by atoms with Gasteiger partial charge in [-0.15, -0.1) is 5.10 Å². The smallest absolute Gasteiger partial charge is 0.245 e. The highest BCUT2D eigenvalue weighted by atomic mass is 16.5. The van der Waals surface area contributed by atoms with Crippen molar-refractivity contribution in [2.75, 3.05) is 11.9 Å². The summed E-state index contributed by atoms with van der Waals surface area (Å²) in [6.07, 6.45) is 1.88. The predicted octanol–water partition coefficient (Wildman–Crippen LogP) is 3.39. The van der Waals surface area contributed by atoms with Crippen molar-refractivity contribution in [3.05, 3.63) is 42.1 Å². The van der Waals surface area contributed by atoms with E-state index < -0.39 is 0 Å². The molecule has 1 saturated heterocycles. The first-order valence-electron chi connectivity index (χ1n) is 8.68. The molecule has 0 unspecified atom stereocenters. The van der Waals surface area contributed by atoms with E-state index in [1.807, 2.05) is 42.2 Å². The number of amides is 1. The van der Waals surface area contributed by atoms with E-state index in [0.717, 1.165) is 30.8 Å². The summed E-state index contributed by atoms with van der Waals surface area (Å²) in [5.41, 5.74) is 1.76. The van der Waals surface area contributed by atoms with Crippen LogP contribution < -0.4 is 10.1 Å². The molecule has 1 N–H and O–H groups in total. The lowest BCUT2D eigenvalue weighted by molar-refractivity contribution is -0.136. The number of nitrogens with one attached hydrogen (secondary N) is 1. The third kappa shape index (κ3) is 4.26. The van der Waals surface area contributed by atoms with Crippen molar-refractivity contribution in [3.63, 3.8) is 0 Å². The zero-order valence-electron chi connectivity index (χ0n) is 14.9. The molecule has 1 amide bonds. The van der Waals surface area contributed by atoms with E-state index in [9.17, 15) is 4.79 Å². The van der Waals surface area contributed by atoms with E-state index >= 15 is 0 Å². The quantitative estimate of drug-likeness (QED) is 0.904. The summed E-state index contributed by atoms with van der Waals surface area (Å²) in [7, 11) is 0. The Hall–Kier alpha value is -2.63. The molecular weight excluding hydrogens is 316 g/mol. The van der Waals surface area contributed by atoms with E-state index in [0.29, 0.717) is 11.6 Å². The fourth-order valence-electron chi connectivity index (χ4n) is 2.93. The highest BCUT2D eigenvalue weighted by molar-refractivity contribution is 5.85. The van der Waals surface area contributed by atoms with Gasteiger partial charge in [-0.05, 0) is 63.9 Å². The van der Waals surface area contributed by atoms with Gasteiger partial charge >= 0.3 is 0 Å². The third-order valence-electron chi connectivity index (χ3n) is 4.29. The molecule has 0 aliphatic carbocycles. The fourth-order valence-corrected chi connectivity index (χ4v) is 2.93. The first-order chi connectivity index (χ1) is 12.0. The van der Waals surface area contributed by atoms with Crippen LogP contribution in [0.3, 0.4) is 0 Å². The molecule has 1 aliphatic rings. The molecular formula is C19H24N4O2. The average Bonchev–Trinajstić information content (AvgIpc) is 2.60. The summed E-state index contributed by atoms with van der Waals surface area (Å²) in [4.78, 5) is 14.5. The van der Waals surface area contributed by atoms with Gasteiger partial charge in [0.1, 0.15) is 11.8 Å². The normalized spacial score (nSPS) is 17.7. The van der Waals surface area contributed by atoms with Crippen LogP contribution in [0.2, 0.25) is 0 Å². The number of rotatable bonds is 5. The molecule has 6 heteroatoms. The molecule has 0 bridgehead atoms. The molecule has 0 spiro atoms. The van der Waals surface area contributed by atoms with Crippen LogP contribution in [0.4, 0.5) is 5.69 Å². The molecule has 2 heterocycles. The maximum Gasteiger partial charge on any atom is 0.245 e. The second kappa shape index (κ2) is 7.51. The summed E-state index contributed by atoms with van der Waals surface area (Å²) < 4.78 is 5.67. The predicted molar refractivity (Wildman–Crippen MR) is 96.8 cm³/mol. The topological polar surface area (TPSA) is 67.3 Å². The van der Waals surface area contributed by atoms with Crippen molar-refractivity contribution in [1.29, 1.82) is 0 Å². The second-order valence-corrected chi connectivity index (χ2v) is 6.60. The third-order valence-corrected chi connectivity index (χ3v) is 4.29. The molecule has 3 rings (SSSR count). The lowest BCUT2D eigenvalue weighted by Gasteiger charge is -2.35. The van der Waals surface area contributed by atoms with Crippen LogP contribution in [0.15, 0.2) is 36.4 Å². The highest BCUT2D eigenvalue weighted by Crippen LogP contribution is 2.23. The van der Waals surface area contributed by atoms with Gasteiger partial charge in [0.15, 0.2) is 0 Å². The van der Waals surface area contributed by atoms with E-state index in [-0.39, 0.29) is 18.0 Å². The number of aryl methyl sites for hydroxylation is 1. The van der Waals surface area contributed by atoms with Gasteiger partial charge < -0.3 is 15.0 Å². The largest absolute Gasteiger partial charge is 0.438 e. The lowest BCUT2D eigenvalue weighted by atomic mass is 10.0. The molecule has 1 atom stereocenters. The molecule has 1 aliphatic heterocycles. The molecule has 2 aromatic rings. The van der Waals surface area contributed by atoms with Crippen LogP contribution in [-0.2, 0) is 4.79 Å². The Balaban J connectivity index is 1.62. The van der Waals surface area contributed by atoms with E-state index in [2.05, 4.69) is 29.4 Å². The van der Waals surface area contributed by atoms with Gasteiger partial charge in [0, 0.05) is 24.3 Å². The molecule has 0 saturated carbocycles. The maximum absolute atomic E-state index is 12.5. The minimum absolute atomic E-state index is 0.161. The monoisotopic (exact) mass is 340 g/mol. The summed E-state index contributed by atoms with van der Waals surface area (Å²) in [6, 6.07) is 11.3. The number of aromatic nitrogens is 2. The standard InChI is InChI=1S/C19H24N4O2/c1-13(2)23-12-4-5-17(19(23)24)20-15-7-9-16(10-8-15)25-18-11-6-14(3)21-22-18/h6-11,13,17,20H,4-5,12H2,1-3H3/t17-/m0/s1. The fraction of sp³-hybridized carbons (Fsp3) is 0.421. The van der Waals surface area contributed by atoms with Gasteiger partial charge in [-0.25, -0.2) is 0 Å². The van der Waals surface area contributed by atoms with Crippen molar-refractivity contribution < 1.29 is 9.53 Å². The van der Waals surface area contributed by atoms with E-state index in [1.54, 1.807) is 6.07 Å². The summed E-state index contributed by atoms with van der Waals surface area (Å²) >= 11 is 0. The SMILES string of the molecule is Cc1ccc(Oc2ccc(N[C@H]3CCCN(C(C)C)C3=O)cc2)nn1. The minimum atomic E-state index is -0.161. The number of hydrogen-bond acceptors (Lipinski definition) is 5. The highest BCUT2D eigenvalue weighted by Gasteiger charge is 2.29. The lowest BCUT2D eigenvalue weighted by Crippen LogP contribution is -2.50. The number of ether oxygens (including phenoxy) is 1. The van der Waals surface area contributed by atoms with Crippen molar-refractivity contribution in [2.45, 2.75) is 45.7 Å². The van der Waals surface area contributed by atoms with E-state index in [4.69, 9.17) is 4.74 Å². The summed E-state index contributed by atoms with van der Waals surface area (Å²) in [6.45, 7) is 6.84. The molecule has 6 nitrogen and oxygen atoms in total. The van der Waals surface area contributed by atoms with Crippen molar-refractivity contribution in [3.8, 4) is 11.6 Å². The zero-order chi connectivity index (χ0) is 17.8. The van der Waals surface area contributed by atoms with Crippen molar-refractivity contribution in [2.24, 2.45) is 0 Å². The number of anilines is 1. The van der Waals surface area contributed by atoms with E-state index in [1.165, 1.54) is 0 Å². The van der Waals surface area contributed by atoms with Crippen LogP contribution in [0, 0.1) is 6.92 Å². The molecule has 1 fully saturated rings. The molecule has 25 heavy (non-hydrogen) atoms. The van der Waals surface area contributed by atoms with Crippen molar-refractivity contribution >= 4 is 11.6 Å². The van der Waals surface area contributed by atoms with Crippen LogP contribution in [-0.4, -0.2) is 39.6 Å². The number of carbonyl (C=O) groups excluding carboxylic acids is 1. The Bertz CT molecular complexity index is 713. The second-order valence-electron chi connectivity index (χ2n) is 6.60. The van der Waals surface area contributed by atoms with Crippen LogP contribution in [0.25, 0.3) is 0 Å². The van der Waals surface area contributed by atoms with Gasteiger partial charge in [-0.2, -0.15) is 5.10 Å². The van der Waals surface area contributed by atoms with Gasteiger partial charge in [0.05, 0.1) is 5.69 Å². The number of hydrogen-bond donors (Lipinski definition) is 1. The van der Waals surface area contributed by atoms with Gasteiger partial charge in [0.2, 0.25) is 11.8 Å². The number of likely N-dealkylation sites (tertiary alicyclic amines) is 1. The van der Waals surface area contributed by atoms with Crippen LogP contribution in [0.5, 0.6) is 11.6 Å². The average molecular weight is 340 g/mol. The van der Waals surface area contributed by atoms with Gasteiger partial charge in [-0.1, -0.05) is 0 Å². The summed E-state index contributed by atoms with van der Waals surface area (Å²) in [5, 5.41) is 11.3. The Kier molecular flexibility index (Phi) is 5.16. The number of carbonyl (C=O) groups is 1. The Labute approximate surface area is 148 Å². The Morgan fingerprint density at radius 3 is 2.56 bits per heavy atom. The number of nitrogens with zero attached hydrogens (tertiary/aromatic N) is 3. The molecule has 1 aromatic heterocycles. The Morgan fingerprint density at radius 1 is 1.16 bits per heavy atom. The van der Waals surface area contributed by atoms with Crippen LogP contribution >= 0.6 is 0 Å². The number of benzene rings is 1. The maximum atomic E-state index is 12.5. The first kappa shape index (κ1) is 17.2. The Morgan fingerprint density at radius 2 is 1.92 bits per heavy atom. The van der Waals surface area contributed by atoms with Crippen LogP contribution in [0.1, 0.15) is 32.4 Å². The van der Waals surface area contributed by atoms with Crippen molar-refractivity contribution in [1.82, 2.24) is 15.1 Å². The number of piperidine rings is 1. The molecule has 132 valence electrons. The molecule has 0 radical (unpaired) electrons. The van der Waals surface area contributed by atoms with Gasteiger partial charge in [-0.3, -0.25) is 4.79 Å². The molecule has 1 aromatic carbocycles. The first-order valence-corrected chi connectivity index (χ1v) is 8.68. The summed E-state index contributed by atoms with van der Waals surface area (Å²) in [5.74, 6) is 1.32. The zero-order valence-corrected chi connectivity index (χ0v) is 14.9. The minimum Gasteiger partial charge on any atom is -0.438 e.